The predicted molar refractivity (Wildman–Crippen MR) is 75.1 cm³/mol. The number of hydrogen-bond acceptors (Lipinski definition) is 7. The number of carbonyl (C=O) groups excluding carboxylic acids is 1. The van der Waals surface area contributed by atoms with E-state index in [1.165, 1.54) is 6.33 Å². The van der Waals surface area contributed by atoms with Gasteiger partial charge < -0.3 is 20.8 Å². The van der Waals surface area contributed by atoms with Crippen molar-refractivity contribution < 1.29 is 9.53 Å². The predicted octanol–water partition coefficient (Wildman–Crippen LogP) is -0.424. The van der Waals surface area contributed by atoms with Gasteiger partial charge in [-0.25, -0.2) is 15.8 Å². The maximum absolute atomic E-state index is 11.6. The third kappa shape index (κ3) is 2.66. The van der Waals surface area contributed by atoms with Crippen LogP contribution >= 0.6 is 0 Å². The summed E-state index contributed by atoms with van der Waals surface area (Å²) in [4.78, 5) is 21.9. The summed E-state index contributed by atoms with van der Waals surface area (Å²) in [5.74, 6) is 6.45. The molecule has 1 aromatic heterocycles. The summed E-state index contributed by atoms with van der Waals surface area (Å²) < 4.78 is 5.33. The zero-order chi connectivity index (χ0) is 14.7. The third-order valence-corrected chi connectivity index (χ3v) is 3.31. The van der Waals surface area contributed by atoms with Gasteiger partial charge >= 0.3 is 0 Å². The number of nitrogens with zero attached hydrogens (tertiary/aromatic N) is 3. The normalized spacial score (nSPS) is 19.2. The number of morpholine rings is 1. The molecule has 1 amide bonds. The van der Waals surface area contributed by atoms with Gasteiger partial charge in [0.2, 0.25) is 5.91 Å². The van der Waals surface area contributed by atoms with Crippen LogP contribution in [-0.2, 0) is 9.53 Å². The fraction of sp³-hybridized carbons (Fsp3) is 0.583. The second kappa shape index (κ2) is 6.02. The van der Waals surface area contributed by atoms with Gasteiger partial charge in [-0.15, -0.1) is 0 Å². The molecule has 1 aliphatic heterocycles. The minimum atomic E-state index is -0.526. The Morgan fingerprint density at radius 2 is 2.30 bits per heavy atom. The minimum absolute atomic E-state index is 0.147. The van der Waals surface area contributed by atoms with Crippen molar-refractivity contribution in [1.82, 2.24) is 9.97 Å². The van der Waals surface area contributed by atoms with Crippen molar-refractivity contribution in [1.29, 1.82) is 0 Å². The highest BCUT2D eigenvalue weighted by Crippen LogP contribution is 2.31. The zero-order valence-corrected chi connectivity index (χ0v) is 11.7. The molecule has 0 saturated carbocycles. The van der Waals surface area contributed by atoms with Crippen LogP contribution in [0, 0.1) is 0 Å². The SMILES string of the molecule is CC(C)c1c(NN)ncnc1N1CCOCC1C(N)=O. The van der Waals surface area contributed by atoms with Gasteiger partial charge in [0.05, 0.1) is 13.2 Å². The van der Waals surface area contributed by atoms with E-state index >= 15 is 0 Å². The maximum atomic E-state index is 11.6. The first-order chi connectivity index (χ1) is 9.56. The lowest BCUT2D eigenvalue weighted by molar-refractivity contribution is -0.121. The number of carbonyl (C=O) groups is 1. The summed E-state index contributed by atoms with van der Waals surface area (Å²) >= 11 is 0. The highest BCUT2D eigenvalue weighted by atomic mass is 16.5. The van der Waals surface area contributed by atoms with Gasteiger partial charge in [-0.3, -0.25) is 4.79 Å². The third-order valence-electron chi connectivity index (χ3n) is 3.31. The van der Waals surface area contributed by atoms with Gasteiger partial charge in [-0.1, -0.05) is 13.8 Å². The first-order valence-corrected chi connectivity index (χ1v) is 6.51. The van der Waals surface area contributed by atoms with Crippen molar-refractivity contribution in [3.05, 3.63) is 11.9 Å². The lowest BCUT2D eigenvalue weighted by Crippen LogP contribution is -2.53. The van der Waals surface area contributed by atoms with Crippen LogP contribution in [0.3, 0.4) is 0 Å². The number of primary amides is 1. The van der Waals surface area contributed by atoms with Crippen LogP contribution in [0.1, 0.15) is 25.3 Å². The summed E-state index contributed by atoms with van der Waals surface area (Å²) in [6.07, 6.45) is 1.42. The molecule has 1 atom stereocenters. The Labute approximate surface area is 117 Å². The number of amides is 1. The minimum Gasteiger partial charge on any atom is -0.377 e. The highest BCUT2D eigenvalue weighted by Gasteiger charge is 2.31. The van der Waals surface area contributed by atoms with E-state index in [4.69, 9.17) is 16.3 Å². The van der Waals surface area contributed by atoms with Crippen LogP contribution in [-0.4, -0.2) is 41.7 Å². The van der Waals surface area contributed by atoms with Crippen molar-refractivity contribution in [3.63, 3.8) is 0 Å². The van der Waals surface area contributed by atoms with Crippen molar-refractivity contribution in [3.8, 4) is 0 Å². The Bertz CT molecular complexity index is 493. The summed E-state index contributed by atoms with van der Waals surface area (Å²) in [6, 6.07) is -0.526. The van der Waals surface area contributed by atoms with E-state index in [1.807, 2.05) is 18.7 Å². The molecule has 8 heteroatoms. The Balaban J connectivity index is 2.47. The molecule has 1 saturated heterocycles. The Morgan fingerprint density at radius 1 is 1.55 bits per heavy atom. The summed E-state index contributed by atoms with van der Waals surface area (Å²) in [7, 11) is 0. The first-order valence-electron chi connectivity index (χ1n) is 6.51. The number of hydrazine groups is 1. The van der Waals surface area contributed by atoms with Crippen LogP contribution in [0.2, 0.25) is 0 Å². The number of hydrogen-bond donors (Lipinski definition) is 3. The van der Waals surface area contributed by atoms with E-state index in [-0.39, 0.29) is 12.5 Å². The van der Waals surface area contributed by atoms with Crippen LogP contribution in [0.15, 0.2) is 6.33 Å². The van der Waals surface area contributed by atoms with Crippen molar-refractivity contribution in [2.24, 2.45) is 11.6 Å². The van der Waals surface area contributed by atoms with Crippen molar-refractivity contribution >= 4 is 17.5 Å². The molecule has 1 unspecified atom stereocenters. The van der Waals surface area contributed by atoms with Crippen LogP contribution in [0.5, 0.6) is 0 Å². The fourth-order valence-corrected chi connectivity index (χ4v) is 2.35. The quantitative estimate of drug-likeness (QED) is 0.506. The largest absolute Gasteiger partial charge is 0.377 e. The standard InChI is InChI=1S/C12H20N6O2/c1-7(2)9-11(17-14)15-6-16-12(9)18-3-4-20-5-8(18)10(13)19/h6-8H,3-5,14H2,1-2H3,(H2,13,19)(H,15,16,17). The topological polar surface area (TPSA) is 119 Å². The van der Waals surface area contributed by atoms with Gasteiger partial charge in [0, 0.05) is 12.1 Å². The van der Waals surface area contributed by atoms with E-state index in [0.717, 1.165) is 5.56 Å². The molecule has 2 rings (SSSR count). The molecule has 110 valence electrons. The fourth-order valence-electron chi connectivity index (χ4n) is 2.35. The zero-order valence-electron chi connectivity index (χ0n) is 11.7. The molecular formula is C12H20N6O2. The Morgan fingerprint density at radius 3 is 2.90 bits per heavy atom. The smallest absolute Gasteiger partial charge is 0.242 e. The average Bonchev–Trinajstić information content (AvgIpc) is 2.46. The van der Waals surface area contributed by atoms with E-state index in [2.05, 4.69) is 15.4 Å². The summed E-state index contributed by atoms with van der Waals surface area (Å²) in [5, 5.41) is 0. The van der Waals surface area contributed by atoms with E-state index < -0.39 is 11.9 Å². The van der Waals surface area contributed by atoms with E-state index in [0.29, 0.717) is 24.8 Å². The van der Waals surface area contributed by atoms with E-state index in [9.17, 15) is 4.79 Å². The molecule has 1 aliphatic rings. The van der Waals surface area contributed by atoms with Gasteiger partial charge in [-0.05, 0) is 5.92 Å². The Hall–Kier alpha value is -1.93. The van der Waals surface area contributed by atoms with Crippen molar-refractivity contribution in [2.45, 2.75) is 25.8 Å². The second-order valence-electron chi connectivity index (χ2n) is 4.95. The maximum Gasteiger partial charge on any atom is 0.242 e. The molecule has 2 heterocycles. The monoisotopic (exact) mass is 280 g/mol. The molecule has 0 bridgehead atoms. The van der Waals surface area contributed by atoms with E-state index in [1.54, 1.807) is 0 Å². The lowest BCUT2D eigenvalue weighted by Gasteiger charge is -2.36. The van der Waals surface area contributed by atoms with Gasteiger partial charge in [0.25, 0.3) is 0 Å². The molecule has 0 spiro atoms. The van der Waals surface area contributed by atoms with Crippen molar-refractivity contribution in [2.75, 3.05) is 30.1 Å². The van der Waals surface area contributed by atoms with Gasteiger partial charge in [-0.2, -0.15) is 0 Å². The van der Waals surface area contributed by atoms with Crippen LogP contribution in [0.25, 0.3) is 0 Å². The van der Waals surface area contributed by atoms with Crippen LogP contribution in [0.4, 0.5) is 11.6 Å². The van der Waals surface area contributed by atoms with Crippen LogP contribution < -0.4 is 21.9 Å². The highest BCUT2D eigenvalue weighted by molar-refractivity contribution is 5.84. The molecule has 8 nitrogen and oxygen atoms in total. The molecule has 5 N–H and O–H groups in total. The number of aromatic nitrogens is 2. The van der Waals surface area contributed by atoms with Gasteiger partial charge in [0.15, 0.2) is 0 Å². The summed E-state index contributed by atoms with van der Waals surface area (Å²) in [6.45, 7) is 5.37. The molecule has 1 fully saturated rings. The number of nitrogen functional groups attached to an aromatic ring is 1. The summed E-state index contributed by atoms with van der Waals surface area (Å²) in [5.41, 5.74) is 8.89. The second-order valence-corrected chi connectivity index (χ2v) is 4.95. The van der Waals surface area contributed by atoms with Gasteiger partial charge in [0.1, 0.15) is 24.0 Å². The number of nitrogens with one attached hydrogen (secondary N) is 1. The number of nitrogens with two attached hydrogens (primary N) is 2. The molecule has 0 aliphatic carbocycles. The molecule has 1 aromatic rings. The number of ether oxygens (including phenoxy) is 1. The number of rotatable bonds is 4. The lowest BCUT2D eigenvalue weighted by atomic mass is 10.0. The molecule has 20 heavy (non-hydrogen) atoms. The first kappa shape index (κ1) is 14.5. The average molecular weight is 280 g/mol. The molecule has 0 aromatic carbocycles. The molecular weight excluding hydrogens is 260 g/mol. The molecule has 0 radical (unpaired) electrons. The Kier molecular flexibility index (Phi) is 4.35. The number of anilines is 2.